The highest BCUT2D eigenvalue weighted by Crippen LogP contribution is 2.41. The first kappa shape index (κ1) is 32.5. The summed E-state index contributed by atoms with van der Waals surface area (Å²) in [6, 6.07) is 6.54. The van der Waals surface area contributed by atoms with Crippen LogP contribution < -0.4 is 5.32 Å². The third kappa shape index (κ3) is 7.90. The van der Waals surface area contributed by atoms with Gasteiger partial charge in [0.1, 0.15) is 0 Å². The van der Waals surface area contributed by atoms with Crippen LogP contribution in [0.4, 0.5) is 13.2 Å². The van der Waals surface area contributed by atoms with Crippen LogP contribution in [-0.2, 0) is 24.5 Å². The number of benzene rings is 1. The lowest BCUT2D eigenvalue weighted by Crippen LogP contribution is -2.45. The van der Waals surface area contributed by atoms with Gasteiger partial charge in [-0.05, 0) is 56.6 Å². The van der Waals surface area contributed by atoms with Crippen LogP contribution in [0.2, 0.25) is 5.02 Å². The van der Waals surface area contributed by atoms with E-state index in [1.165, 1.54) is 16.8 Å². The molecular formula is C26H32ClF3N4O4S. The van der Waals surface area contributed by atoms with Gasteiger partial charge in [0.05, 0.1) is 33.4 Å². The molecule has 0 bridgehead atoms. The largest absolute Gasteiger partial charge is 0.394 e. The summed E-state index contributed by atoms with van der Waals surface area (Å²) in [6.07, 6.45) is -1.72. The monoisotopic (exact) mass is 588 g/mol. The van der Waals surface area contributed by atoms with Gasteiger partial charge in [0.15, 0.2) is 5.69 Å². The maximum absolute atomic E-state index is 13.4. The molecule has 1 heterocycles. The Bertz CT molecular complexity index is 1260. The van der Waals surface area contributed by atoms with Gasteiger partial charge in [0, 0.05) is 18.7 Å². The van der Waals surface area contributed by atoms with Gasteiger partial charge in [0.25, 0.3) is 5.91 Å². The van der Waals surface area contributed by atoms with Gasteiger partial charge in [0.2, 0.25) is 0 Å². The molecule has 1 fully saturated rings. The number of hydrogen-bond acceptors (Lipinski definition) is 6. The van der Waals surface area contributed by atoms with Crippen molar-refractivity contribution in [3.8, 4) is 17.3 Å². The number of carbonyl (C=O) groups excluding carboxylic acids is 1. The van der Waals surface area contributed by atoms with Crippen molar-refractivity contribution in [2.45, 2.75) is 78.1 Å². The highest BCUT2D eigenvalue weighted by atomic mass is 35.5. The number of amides is 1. The summed E-state index contributed by atoms with van der Waals surface area (Å²) in [6.45, 7) is 6.59. The van der Waals surface area contributed by atoms with Crippen LogP contribution in [0.25, 0.3) is 11.3 Å². The summed E-state index contributed by atoms with van der Waals surface area (Å²) < 4.78 is 58.1. The predicted molar refractivity (Wildman–Crippen MR) is 140 cm³/mol. The normalized spacial score (nSPS) is 19.4. The number of hydrogen-bond donors (Lipinski definition) is 2. The molecule has 1 saturated carbocycles. The van der Waals surface area contributed by atoms with Crippen molar-refractivity contribution in [2.24, 2.45) is 11.3 Å². The zero-order chi connectivity index (χ0) is 29.6. The van der Waals surface area contributed by atoms with Crippen molar-refractivity contribution in [3.63, 3.8) is 0 Å². The van der Waals surface area contributed by atoms with E-state index in [1.54, 1.807) is 13.0 Å². The Balaban J connectivity index is 0.00000170. The first-order valence-electron chi connectivity index (χ1n) is 12.4. The van der Waals surface area contributed by atoms with E-state index >= 15 is 0 Å². The highest BCUT2D eigenvalue weighted by Gasteiger charge is 2.47. The van der Waals surface area contributed by atoms with Crippen LogP contribution in [-0.4, -0.2) is 47.5 Å². The molecule has 1 aliphatic carbocycles. The number of rotatable bonds is 7. The molecule has 0 saturated heterocycles. The summed E-state index contributed by atoms with van der Waals surface area (Å²) >= 11 is 5.83. The van der Waals surface area contributed by atoms with Gasteiger partial charge in [-0.3, -0.25) is 9.48 Å². The minimum absolute atomic E-state index is 0.0348. The fourth-order valence-corrected chi connectivity index (χ4v) is 4.81. The lowest BCUT2D eigenvalue weighted by Gasteiger charge is -2.34. The van der Waals surface area contributed by atoms with E-state index in [-0.39, 0.29) is 29.2 Å². The van der Waals surface area contributed by atoms with E-state index in [4.69, 9.17) is 20.0 Å². The van der Waals surface area contributed by atoms with E-state index in [0.29, 0.717) is 42.1 Å². The second-order valence-electron chi connectivity index (χ2n) is 10.5. The molecule has 0 aliphatic heterocycles. The van der Waals surface area contributed by atoms with Crippen molar-refractivity contribution in [1.82, 2.24) is 15.1 Å². The Morgan fingerprint density at radius 3 is 2.41 bits per heavy atom. The Morgan fingerprint density at radius 2 is 1.90 bits per heavy atom. The van der Waals surface area contributed by atoms with E-state index in [1.807, 2.05) is 6.07 Å². The summed E-state index contributed by atoms with van der Waals surface area (Å²) in [5, 5.41) is 27.6. The average molecular weight is 589 g/mol. The van der Waals surface area contributed by atoms with Crippen LogP contribution in [0.5, 0.6) is 0 Å². The number of alkyl halides is 3. The van der Waals surface area contributed by atoms with Crippen molar-refractivity contribution >= 4 is 29.1 Å². The van der Waals surface area contributed by atoms with Gasteiger partial charge >= 0.3 is 17.7 Å². The van der Waals surface area contributed by atoms with Crippen LogP contribution in [0.3, 0.4) is 0 Å². The quantitative estimate of drug-likeness (QED) is 0.456. The summed E-state index contributed by atoms with van der Waals surface area (Å²) in [5.74, 6) is 0.000960. The van der Waals surface area contributed by atoms with Crippen molar-refractivity contribution in [3.05, 3.63) is 40.0 Å². The Labute approximate surface area is 234 Å². The number of halogens is 4. The predicted octanol–water partition coefficient (Wildman–Crippen LogP) is 5.23. The highest BCUT2D eigenvalue weighted by molar-refractivity contribution is 7.51. The minimum atomic E-state index is -4.39. The molecule has 2 N–H and O–H groups in total. The molecule has 1 amide bonds. The minimum Gasteiger partial charge on any atom is -0.388 e. The number of carbonyl (C=O) groups is 1. The van der Waals surface area contributed by atoms with Crippen LogP contribution >= 0.6 is 11.6 Å². The molecule has 214 valence electrons. The Kier molecular flexibility index (Phi) is 10.9. The average Bonchev–Trinajstić information content (AvgIpc) is 3.20. The molecule has 1 aromatic carbocycles. The summed E-state index contributed by atoms with van der Waals surface area (Å²) in [7, 11) is 0. The molecule has 8 nitrogen and oxygen atoms in total. The van der Waals surface area contributed by atoms with Gasteiger partial charge in [-0.25, -0.2) is 0 Å². The molecule has 39 heavy (non-hydrogen) atoms. The molecule has 1 aromatic heterocycles. The zero-order valence-electron chi connectivity index (χ0n) is 22.2. The SMILES string of the molecule is CCn1nc(C(=O)NCC2(O)CCC(C)CC2)c(Cl)c1-c1ccc(CC(C)(C)C(F)(F)F)cc1C#N.O=S=O. The number of aryl methyl sites for hydroxylation is 1. The summed E-state index contributed by atoms with van der Waals surface area (Å²) in [5.41, 5.74) is -1.75. The van der Waals surface area contributed by atoms with Gasteiger partial charge < -0.3 is 10.4 Å². The number of aromatic nitrogens is 2. The van der Waals surface area contributed by atoms with Crippen molar-refractivity contribution in [1.29, 1.82) is 5.26 Å². The first-order valence-corrected chi connectivity index (χ1v) is 13.5. The summed E-state index contributed by atoms with van der Waals surface area (Å²) in [4.78, 5) is 12.9. The molecule has 13 heteroatoms. The fraction of sp³-hybridized carbons (Fsp3) is 0.577. The molecule has 1 aliphatic rings. The number of nitrogens with one attached hydrogen (secondary N) is 1. The van der Waals surface area contributed by atoms with Gasteiger partial charge in [-0.2, -0.15) is 31.9 Å². The van der Waals surface area contributed by atoms with E-state index < -0.39 is 34.7 Å². The van der Waals surface area contributed by atoms with E-state index in [0.717, 1.165) is 26.7 Å². The molecule has 2 aromatic rings. The van der Waals surface area contributed by atoms with E-state index in [2.05, 4.69) is 17.3 Å². The number of nitrogens with zero attached hydrogens (tertiary/aromatic N) is 3. The van der Waals surface area contributed by atoms with Crippen molar-refractivity contribution in [2.75, 3.05) is 6.54 Å². The lowest BCUT2D eigenvalue weighted by atomic mass is 9.79. The third-order valence-electron chi connectivity index (χ3n) is 7.07. The second kappa shape index (κ2) is 13.1. The molecule has 0 radical (unpaired) electrons. The van der Waals surface area contributed by atoms with Crippen LogP contribution in [0, 0.1) is 22.7 Å². The number of aliphatic hydroxyl groups is 1. The van der Waals surface area contributed by atoms with Gasteiger partial charge in [-0.15, -0.1) is 0 Å². The topological polar surface area (TPSA) is 125 Å². The molecule has 0 atom stereocenters. The van der Waals surface area contributed by atoms with Gasteiger partial charge in [-0.1, -0.05) is 44.5 Å². The fourth-order valence-electron chi connectivity index (χ4n) is 4.49. The Hall–Kier alpha value is -2.75. The molecular weight excluding hydrogens is 557 g/mol. The van der Waals surface area contributed by atoms with Crippen LogP contribution in [0.15, 0.2) is 18.2 Å². The first-order chi connectivity index (χ1) is 18.1. The standard InChI is InChI=1S/C26H32ClF3N4O2.O2S/c1-5-34-22(19-7-6-17(12-18(19)14-31)13-24(3,4)26(28,29)30)20(27)21(33-34)23(35)32-15-25(36)10-8-16(2)9-11-25;1-3-2/h6-7,12,16,36H,5,8-11,13,15H2,1-4H3,(H,32,35);. The Morgan fingerprint density at radius 1 is 1.31 bits per heavy atom. The number of nitriles is 1. The molecule has 0 spiro atoms. The maximum Gasteiger partial charge on any atom is 0.394 e. The van der Waals surface area contributed by atoms with E-state index in [9.17, 15) is 28.3 Å². The third-order valence-corrected chi connectivity index (χ3v) is 7.42. The smallest absolute Gasteiger partial charge is 0.388 e. The second-order valence-corrected chi connectivity index (χ2v) is 11.0. The van der Waals surface area contributed by atoms with Crippen LogP contribution in [0.1, 0.15) is 75.0 Å². The molecule has 0 unspecified atom stereocenters. The van der Waals surface area contributed by atoms with Crippen molar-refractivity contribution < 1.29 is 31.5 Å². The maximum atomic E-state index is 13.4. The zero-order valence-corrected chi connectivity index (χ0v) is 23.8. The lowest BCUT2D eigenvalue weighted by molar-refractivity contribution is -0.211. The molecule has 3 rings (SSSR count).